The van der Waals surface area contributed by atoms with Gasteiger partial charge in [0.25, 0.3) is 5.91 Å². The number of carbonyl (C=O) groups is 1. The predicted molar refractivity (Wildman–Crippen MR) is 95.2 cm³/mol. The summed E-state index contributed by atoms with van der Waals surface area (Å²) in [6, 6.07) is 0. The zero-order valence-electron chi connectivity index (χ0n) is 14.7. The summed E-state index contributed by atoms with van der Waals surface area (Å²) in [6.45, 7) is 8.10. The Hall–Kier alpha value is -1.02. The van der Waals surface area contributed by atoms with Gasteiger partial charge in [0.15, 0.2) is 0 Å². The van der Waals surface area contributed by atoms with Gasteiger partial charge in [0, 0.05) is 45.2 Å². The number of piperazine rings is 1. The van der Waals surface area contributed by atoms with E-state index in [0.717, 1.165) is 70.8 Å². The largest absolute Gasteiger partial charge is 0.368 e. The normalized spacial score (nSPS) is 21.8. The van der Waals surface area contributed by atoms with Crippen molar-refractivity contribution in [1.29, 1.82) is 0 Å². The second-order valence-electron chi connectivity index (χ2n) is 6.60. The smallest absolute Gasteiger partial charge is 0.254 e. The molecule has 0 atom stereocenters. The Kier molecular flexibility index (Phi) is 5.86. The van der Waals surface area contributed by atoms with Crippen molar-refractivity contribution in [3.63, 3.8) is 0 Å². The molecule has 0 spiro atoms. The molecule has 6 nitrogen and oxygen atoms in total. The third kappa shape index (κ3) is 3.79. The van der Waals surface area contributed by atoms with E-state index in [2.05, 4.69) is 27.5 Å². The fourth-order valence-electron chi connectivity index (χ4n) is 3.55. The molecule has 0 aliphatic carbocycles. The average molecular weight is 353 g/mol. The highest BCUT2D eigenvalue weighted by Gasteiger charge is 2.42. The number of nitrogens with one attached hydrogen (secondary N) is 1. The van der Waals surface area contributed by atoms with Crippen LogP contribution in [0.5, 0.6) is 0 Å². The molecule has 0 unspecified atom stereocenters. The van der Waals surface area contributed by atoms with E-state index in [1.165, 1.54) is 5.01 Å². The predicted octanol–water partition coefficient (Wildman–Crippen LogP) is 1.12. The van der Waals surface area contributed by atoms with E-state index >= 15 is 0 Å². The fraction of sp³-hybridized carbons (Fsp3) is 0.765. The lowest BCUT2D eigenvalue weighted by Crippen LogP contribution is -2.59. The lowest BCUT2D eigenvalue weighted by atomic mass is 9.90. The molecule has 24 heavy (non-hydrogen) atoms. The molecule has 2 aliphatic heterocycles. The number of thiazole rings is 1. The highest BCUT2D eigenvalue weighted by molar-refractivity contribution is 7.09. The van der Waals surface area contributed by atoms with Gasteiger partial charge < -0.3 is 15.0 Å². The first-order valence-corrected chi connectivity index (χ1v) is 9.76. The first-order valence-electron chi connectivity index (χ1n) is 8.88. The summed E-state index contributed by atoms with van der Waals surface area (Å²) in [5, 5.41) is 6.67. The van der Waals surface area contributed by atoms with Gasteiger partial charge >= 0.3 is 0 Å². The molecule has 0 bridgehead atoms. The van der Waals surface area contributed by atoms with E-state index < -0.39 is 5.60 Å². The molecule has 1 N–H and O–H groups in total. The summed E-state index contributed by atoms with van der Waals surface area (Å²) >= 11 is 1.74. The van der Waals surface area contributed by atoms with Gasteiger partial charge in [-0.1, -0.05) is 6.92 Å². The molecule has 1 amide bonds. The van der Waals surface area contributed by atoms with Crippen LogP contribution in [0.1, 0.15) is 30.5 Å². The van der Waals surface area contributed by atoms with Crippen LogP contribution in [0.3, 0.4) is 0 Å². The molecule has 2 saturated heterocycles. The van der Waals surface area contributed by atoms with Gasteiger partial charge in [-0.15, -0.1) is 11.3 Å². The number of aryl methyl sites for hydroxylation is 1. The Morgan fingerprint density at radius 1 is 1.33 bits per heavy atom. The van der Waals surface area contributed by atoms with Crippen LogP contribution in [0.15, 0.2) is 5.38 Å². The van der Waals surface area contributed by atoms with Gasteiger partial charge in [0.1, 0.15) is 5.60 Å². The molecule has 134 valence electrons. The summed E-state index contributed by atoms with van der Waals surface area (Å²) in [7, 11) is 1.67. The van der Waals surface area contributed by atoms with Crippen LogP contribution in [0.4, 0.5) is 0 Å². The van der Waals surface area contributed by atoms with Crippen molar-refractivity contribution in [1.82, 2.24) is 20.1 Å². The number of amides is 1. The summed E-state index contributed by atoms with van der Waals surface area (Å²) in [5.41, 5.74) is 0.543. The van der Waals surface area contributed by atoms with Crippen molar-refractivity contribution >= 4 is 17.2 Å². The number of piperidine rings is 1. The second kappa shape index (κ2) is 7.91. The minimum absolute atomic E-state index is 0.174. The van der Waals surface area contributed by atoms with E-state index in [-0.39, 0.29) is 5.91 Å². The first-order chi connectivity index (χ1) is 11.7. The summed E-state index contributed by atoms with van der Waals surface area (Å²) < 4.78 is 5.68. The van der Waals surface area contributed by atoms with Crippen LogP contribution in [0.2, 0.25) is 0 Å². The lowest BCUT2D eigenvalue weighted by Gasteiger charge is -2.42. The van der Waals surface area contributed by atoms with Crippen molar-refractivity contribution in [3.05, 3.63) is 16.1 Å². The second-order valence-corrected chi connectivity index (χ2v) is 7.55. The molecule has 0 radical (unpaired) electrons. The van der Waals surface area contributed by atoms with E-state index in [1.807, 2.05) is 4.90 Å². The third-order valence-electron chi connectivity index (χ3n) is 5.14. The minimum Gasteiger partial charge on any atom is -0.368 e. The van der Waals surface area contributed by atoms with Gasteiger partial charge in [0.2, 0.25) is 0 Å². The van der Waals surface area contributed by atoms with E-state index in [1.54, 1.807) is 18.4 Å². The molecule has 1 aromatic rings. The van der Waals surface area contributed by atoms with Gasteiger partial charge in [-0.2, -0.15) is 0 Å². The SMILES string of the molecule is CCc1nc(CN2CCN(C(=O)C3(OC)CCNCC3)CC2)cs1. The quantitative estimate of drug-likeness (QED) is 0.861. The van der Waals surface area contributed by atoms with Crippen LogP contribution in [-0.2, 0) is 22.5 Å². The molecule has 3 rings (SSSR count). The van der Waals surface area contributed by atoms with Gasteiger partial charge in [-0.3, -0.25) is 9.69 Å². The number of ether oxygens (including phenoxy) is 1. The summed E-state index contributed by atoms with van der Waals surface area (Å²) in [6.07, 6.45) is 2.53. The van der Waals surface area contributed by atoms with E-state index in [0.29, 0.717) is 0 Å². The number of hydrogen-bond acceptors (Lipinski definition) is 6. The van der Waals surface area contributed by atoms with Gasteiger partial charge in [0.05, 0.1) is 10.7 Å². The van der Waals surface area contributed by atoms with Crippen LogP contribution >= 0.6 is 11.3 Å². The monoisotopic (exact) mass is 352 g/mol. The number of nitrogens with zero attached hydrogens (tertiary/aromatic N) is 3. The Morgan fingerprint density at radius 2 is 2.04 bits per heavy atom. The number of carbonyl (C=O) groups excluding carboxylic acids is 1. The van der Waals surface area contributed by atoms with Crippen molar-refractivity contribution in [2.75, 3.05) is 46.4 Å². The molecule has 7 heteroatoms. The van der Waals surface area contributed by atoms with Crippen molar-refractivity contribution < 1.29 is 9.53 Å². The zero-order valence-corrected chi connectivity index (χ0v) is 15.5. The highest BCUT2D eigenvalue weighted by atomic mass is 32.1. The molecule has 1 aromatic heterocycles. The average Bonchev–Trinajstić information content (AvgIpc) is 3.10. The fourth-order valence-corrected chi connectivity index (χ4v) is 4.28. The number of rotatable bonds is 5. The molecule has 0 aromatic carbocycles. The Labute approximate surface area is 148 Å². The summed E-state index contributed by atoms with van der Waals surface area (Å²) in [4.78, 5) is 22.0. The molecule has 0 saturated carbocycles. The number of hydrogen-bond donors (Lipinski definition) is 1. The maximum absolute atomic E-state index is 13.0. The molecule has 2 fully saturated rings. The Bertz CT molecular complexity index is 549. The standard InChI is InChI=1S/C17H28N4O2S/c1-3-15-19-14(13-24-15)12-20-8-10-21(11-9-20)16(22)17(23-2)4-6-18-7-5-17/h13,18H,3-12H2,1-2H3. The topological polar surface area (TPSA) is 57.7 Å². The first kappa shape index (κ1) is 17.8. The minimum atomic E-state index is -0.613. The number of methoxy groups -OCH3 is 1. The van der Waals surface area contributed by atoms with Crippen LogP contribution in [-0.4, -0.2) is 72.7 Å². The number of aromatic nitrogens is 1. The van der Waals surface area contributed by atoms with Gasteiger partial charge in [-0.25, -0.2) is 4.98 Å². The maximum atomic E-state index is 13.0. The van der Waals surface area contributed by atoms with E-state index in [4.69, 9.17) is 4.74 Å². The third-order valence-corrected chi connectivity index (χ3v) is 6.18. The molecule has 2 aliphatic rings. The van der Waals surface area contributed by atoms with Crippen molar-refractivity contribution in [3.8, 4) is 0 Å². The van der Waals surface area contributed by atoms with E-state index in [9.17, 15) is 4.79 Å². The Morgan fingerprint density at radius 3 is 2.62 bits per heavy atom. The molecular formula is C17H28N4O2S. The van der Waals surface area contributed by atoms with Crippen LogP contribution in [0.25, 0.3) is 0 Å². The maximum Gasteiger partial charge on any atom is 0.254 e. The summed E-state index contributed by atoms with van der Waals surface area (Å²) in [5.74, 6) is 0.174. The zero-order chi connectivity index (χ0) is 17.0. The molecule has 3 heterocycles. The highest BCUT2D eigenvalue weighted by Crippen LogP contribution is 2.26. The van der Waals surface area contributed by atoms with Gasteiger partial charge in [-0.05, 0) is 32.4 Å². The van der Waals surface area contributed by atoms with Crippen LogP contribution in [0, 0.1) is 0 Å². The van der Waals surface area contributed by atoms with Crippen molar-refractivity contribution in [2.45, 2.75) is 38.3 Å². The van der Waals surface area contributed by atoms with Crippen molar-refractivity contribution in [2.24, 2.45) is 0 Å². The molecular weight excluding hydrogens is 324 g/mol. The van der Waals surface area contributed by atoms with Crippen LogP contribution < -0.4 is 5.32 Å². The Balaban J connectivity index is 1.53. The lowest BCUT2D eigenvalue weighted by molar-refractivity contribution is -0.160.